The molecule has 1 amide bonds. The first-order chi connectivity index (χ1) is 13.5. The van der Waals surface area contributed by atoms with E-state index < -0.39 is 0 Å². The molecule has 0 spiro atoms. The molecule has 0 aliphatic carbocycles. The lowest BCUT2D eigenvalue weighted by atomic mass is 10.1. The zero-order chi connectivity index (χ0) is 19.7. The van der Waals surface area contributed by atoms with Crippen LogP contribution < -0.4 is 10.1 Å². The molecule has 0 saturated heterocycles. The summed E-state index contributed by atoms with van der Waals surface area (Å²) in [4.78, 5) is 15.6. The topological polar surface area (TPSA) is 54.1 Å². The fraction of sp³-hybridized carbons (Fsp3) is 0.0870. The second-order valence-corrected chi connectivity index (χ2v) is 6.67. The minimum absolute atomic E-state index is 0.266. The summed E-state index contributed by atoms with van der Waals surface area (Å²) in [5.74, 6) is 0.765. The van der Waals surface area contributed by atoms with Gasteiger partial charge in [0, 0.05) is 27.8 Å². The summed E-state index contributed by atoms with van der Waals surface area (Å²) in [5.41, 5.74) is 4.45. The Labute approximate surface area is 162 Å². The van der Waals surface area contributed by atoms with Gasteiger partial charge in [-0.15, -0.1) is 0 Å². The van der Waals surface area contributed by atoms with E-state index in [9.17, 15) is 9.18 Å². The van der Waals surface area contributed by atoms with Crippen LogP contribution >= 0.6 is 0 Å². The van der Waals surface area contributed by atoms with E-state index in [0.717, 1.165) is 22.3 Å². The lowest BCUT2D eigenvalue weighted by Gasteiger charge is -2.08. The lowest BCUT2D eigenvalue weighted by Crippen LogP contribution is -2.11. The zero-order valence-electron chi connectivity index (χ0n) is 15.5. The van der Waals surface area contributed by atoms with Crippen molar-refractivity contribution in [1.82, 2.24) is 4.98 Å². The van der Waals surface area contributed by atoms with Gasteiger partial charge in [-0.05, 0) is 86.1 Å². The second-order valence-electron chi connectivity index (χ2n) is 6.67. The molecule has 140 valence electrons. The van der Waals surface area contributed by atoms with Gasteiger partial charge in [-0.1, -0.05) is 0 Å². The predicted octanol–water partition coefficient (Wildman–Crippen LogP) is 5.97. The first-order valence-electron chi connectivity index (χ1n) is 8.93. The number of amides is 1. The number of nitrogens with one attached hydrogen (secondary N) is 2. The number of hydrogen-bond donors (Lipinski definition) is 2. The minimum Gasteiger partial charge on any atom is -0.457 e. The molecule has 4 nitrogen and oxygen atoms in total. The highest BCUT2D eigenvalue weighted by atomic mass is 19.1. The molecular weight excluding hydrogens is 355 g/mol. The number of aromatic amines is 1. The number of benzene rings is 3. The van der Waals surface area contributed by atoms with E-state index in [2.05, 4.69) is 17.2 Å². The van der Waals surface area contributed by atoms with Crippen molar-refractivity contribution >= 4 is 22.5 Å². The fourth-order valence-electron chi connectivity index (χ4n) is 3.05. The smallest absolute Gasteiger partial charge is 0.255 e. The highest BCUT2D eigenvalue weighted by molar-refractivity contribution is 6.04. The Morgan fingerprint density at radius 2 is 1.61 bits per heavy atom. The van der Waals surface area contributed by atoms with Crippen LogP contribution in [0.25, 0.3) is 10.9 Å². The average Bonchev–Trinajstić information content (AvgIpc) is 2.98. The molecule has 28 heavy (non-hydrogen) atoms. The number of H-pyrrole nitrogens is 1. The van der Waals surface area contributed by atoms with Gasteiger partial charge in [-0.3, -0.25) is 4.79 Å². The molecule has 0 atom stereocenters. The Kier molecular flexibility index (Phi) is 4.57. The third kappa shape index (κ3) is 3.60. The first kappa shape index (κ1) is 17.8. The molecule has 0 aliphatic heterocycles. The van der Waals surface area contributed by atoms with Crippen LogP contribution in [0, 0.1) is 19.7 Å². The summed E-state index contributed by atoms with van der Waals surface area (Å²) < 4.78 is 18.9. The van der Waals surface area contributed by atoms with Gasteiger partial charge in [0.1, 0.15) is 17.3 Å². The zero-order valence-corrected chi connectivity index (χ0v) is 15.5. The Balaban J connectivity index is 1.47. The number of fused-ring (bicyclic) bond motifs is 1. The van der Waals surface area contributed by atoms with E-state index in [1.165, 1.54) is 29.8 Å². The van der Waals surface area contributed by atoms with Crippen molar-refractivity contribution in [3.8, 4) is 11.5 Å². The quantitative estimate of drug-likeness (QED) is 0.462. The molecule has 5 heteroatoms. The van der Waals surface area contributed by atoms with Crippen LogP contribution in [0.15, 0.2) is 66.7 Å². The maximum Gasteiger partial charge on any atom is 0.255 e. The van der Waals surface area contributed by atoms with Gasteiger partial charge >= 0.3 is 0 Å². The van der Waals surface area contributed by atoms with Crippen LogP contribution in [0.2, 0.25) is 0 Å². The fourth-order valence-corrected chi connectivity index (χ4v) is 3.05. The summed E-state index contributed by atoms with van der Waals surface area (Å²) >= 11 is 0. The van der Waals surface area contributed by atoms with E-state index >= 15 is 0 Å². The van der Waals surface area contributed by atoms with Gasteiger partial charge in [-0.2, -0.15) is 0 Å². The van der Waals surface area contributed by atoms with E-state index in [4.69, 9.17) is 4.74 Å². The highest BCUT2D eigenvalue weighted by Gasteiger charge is 2.09. The van der Waals surface area contributed by atoms with E-state index in [-0.39, 0.29) is 11.7 Å². The van der Waals surface area contributed by atoms with Crippen molar-refractivity contribution in [3.05, 3.63) is 89.4 Å². The summed E-state index contributed by atoms with van der Waals surface area (Å²) in [5, 5.41) is 3.86. The van der Waals surface area contributed by atoms with Crippen molar-refractivity contribution in [2.24, 2.45) is 0 Å². The van der Waals surface area contributed by atoms with Gasteiger partial charge in [0.05, 0.1) is 0 Å². The molecule has 4 aromatic rings. The van der Waals surface area contributed by atoms with Crippen molar-refractivity contribution in [3.63, 3.8) is 0 Å². The van der Waals surface area contributed by atoms with Crippen LogP contribution in [0.1, 0.15) is 21.6 Å². The normalized spacial score (nSPS) is 10.8. The highest BCUT2D eigenvalue weighted by Crippen LogP contribution is 2.29. The Morgan fingerprint density at radius 3 is 2.32 bits per heavy atom. The molecule has 4 rings (SSSR count). The van der Waals surface area contributed by atoms with Crippen molar-refractivity contribution in [2.75, 3.05) is 5.32 Å². The van der Waals surface area contributed by atoms with Crippen molar-refractivity contribution in [2.45, 2.75) is 13.8 Å². The predicted molar refractivity (Wildman–Crippen MR) is 109 cm³/mol. The molecule has 2 N–H and O–H groups in total. The SMILES string of the molecule is Cc1[nH]c2ccc(Oc3ccc(C(=O)Nc4ccc(F)cc4)cc3)cc2c1C. The number of halogens is 1. The number of ether oxygens (including phenoxy) is 1. The molecule has 0 radical (unpaired) electrons. The number of carbonyl (C=O) groups excluding carboxylic acids is 1. The third-order valence-electron chi connectivity index (χ3n) is 4.73. The van der Waals surface area contributed by atoms with Crippen molar-refractivity contribution in [1.29, 1.82) is 0 Å². The number of aromatic nitrogens is 1. The molecule has 0 saturated carbocycles. The lowest BCUT2D eigenvalue weighted by molar-refractivity contribution is 0.102. The molecule has 1 aromatic heterocycles. The third-order valence-corrected chi connectivity index (χ3v) is 4.73. The number of rotatable bonds is 4. The molecule has 0 fully saturated rings. The Bertz CT molecular complexity index is 1150. The molecule has 0 aliphatic rings. The first-order valence-corrected chi connectivity index (χ1v) is 8.93. The molecule has 3 aromatic carbocycles. The van der Waals surface area contributed by atoms with Gasteiger partial charge < -0.3 is 15.0 Å². The van der Waals surface area contributed by atoms with E-state index in [0.29, 0.717) is 17.0 Å². The van der Waals surface area contributed by atoms with E-state index in [1.54, 1.807) is 24.3 Å². The monoisotopic (exact) mass is 374 g/mol. The molecular formula is C23H19FN2O2. The van der Waals surface area contributed by atoms with Crippen LogP contribution in [0.4, 0.5) is 10.1 Å². The van der Waals surface area contributed by atoms with Crippen LogP contribution in [-0.2, 0) is 0 Å². The number of anilines is 1. The summed E-state index contributed by atoms with van der Waals surface area (Å²) in [6.45, 7) is 4.12. The molecule has 1 heterocycles. The molecule has 0 bridgehead atoms. The van der Waals surface area contributed by atoms with Crippen LogP contribution in [0.5, 0.6) is 11.5 Å². The van der Waals surface area contributed by atoms with Gasteiger partial charge in [0.25, 0.3) is 5.91 Å². The van der Waals surface area contributed by atoms with Crippen LogP contribution in [-0.4, -0.2) is 10.9 Å². The summed E-state index contributed by atoms with van der Waals surface area (Å²) in [6, 6.07) is 18.4. The second kappa shape index (κ2) is 7.19. The standard InChI is InChI=1S/C23H19FN2O2/c1-14-15(2)25-22-12-11-20(13-21(14)22)28-19-9-3-16(4-10-19)23(27)26-18-7-5-17(24)6-8-18/h3-13,25H,1-2H3,(H,26,27). The Morgan fingerprint density at radius 1 is 0.929 bits per heavy atom. The van der Waals surface area contributed by atoms with E-state index in [1.807, 2.05) is 25.1 Å². The van der Waals surface area contributed by atoms with Gasteiger partial charge in [0.15, 0.2) is 0 Å². The summed E-state index contributed by atoms with van der Waals surface area (Å²) in [6.07, 6.45) is 0. The maximum atomic E-state index is 13.0. The molecule has 0 unspecified atom stereocenters. The summed E-state index contributed by atoms with van der Waals surface area (Å²) in [7, 11) is 0. The van der Waals surface area contributed by atoms with Gasteiger partial charge in [0.2, 0.25) is 0 Å². The van der Waals surface area contributed by atoms with Gasteiger partial charge in [-0.25, -0.2) is 4.39 Å². The number of aryl methyl sites for hydroxylation is 2. The largest absolute Gasteiger partial charge is 0.457 e. The van der Waals surface area contributed by atoms with Crippen LogP contribution in [0.3, 0.4) is 0 Å². The number of hydrogen-bond acceptors (Lipinski definition) is 2. The number of carbonyl (C=O) groups is 1. The average molecular weight is 374 g/mol. The Hall–Kier alpha value is -3.60. The maximum absolute atomic E-state index is 13.0. The minimum atomic E-state index is -0.345. The van der Waals surface area contributed by atoms with Crippen molar-refractivity contribution < 1.29 is 13.9 Å².